The number of benzene rings is 1. The number of nitrogens with one attached hydrogen (secondary N) is 1. The van der Waals surface area contributed by atoms with Gasteiger partial charge in [-0.05, 0) is 37.1 Å². The van der Waals surface area contributed by atoms with E-state index in [4.69, 9.17) is 9.90 Å². The molecule has 3 amide bonds. The number of rotatable bonds is 3. The normalized spacial score (nSPS) is 21.2. The summed E-state index contributed by atoms with van der Waals surface area (Å²) < 4.78 is 31.7. The van der Waals surface area contributed by atoms with Crippen molar-refractivity contribution in [3.05, 3.63) is 54.7 Å². The van der Waals surface area contributed by atoms with Gasteiger partial charge in [0.05, 0.1) is 5.41 Å². The zero-order chi connectivity index (χ0) is 27.2. The average Bonchev–Trinajstić information content (AvgIpc) is 3.13. The van der Waals surface area contributed by atoms with Crippen molar-refractivity contribution in [2.24, 2.45) is 11.3 Å². The number of hydrogen-bond donors (Lipinski definition) is 2. The Morgan fingerprint density at radius 3 is 2.30 bits per heavy atom. The van der Waals surface area contributed by atoms with Gasteiger partial charge in [-0.3, -0.25) is 4.79 Å². The third-order valence-corrected chi connectivity index (χ3v) is 6.55. The van der Waals surface area contributed by atoms with Gasteiger partial charge in [0, 0.05) is 58.1 Å². The van der Waals surface area contributed by atoms with Crippen molar-refractivity contribution < 1.29 is 32.7 Å². The second kappa shape index (κ2) is 11.5. The van der Waals surface area contributed by atoms with Crippen LogP contribution < -0.4 is 10.2 Å². The number of pyridine rings is 1. The van der Waals surface area contributed by atoms with E-state index in [2.05, 4.69) is 15.2 Å². The minimum Gasteiger partial charge on any atom is -0.475 e. The number of carbonyl (C=O) groups excluding carboxylic acids is 2. The van der Waals surface area contributed by atoms with Gasteiger partial charge >= 0.3 is 18.2 Å². The van der Waals surface area contributed by atoms with E-state index < -0.39 is 17.6 Å². The molecule has 0 radical (unpaired) electrons. The first kappa shape index (κ1) is 27.8. The summed E-state index contributed by atoms with van der Waals surface area (Å²) in [6.07, 6.45) is -1.73. The van der Waals surface area contributed by atoms with Gasteiger partial charge in [0.15, 0.2) is 0 Å². The Labute approximate surface area is 212 Å². The van der Waals surface area contributed by atoms with Gasteiger partial charge in [-0.25, -0.2) is 14.6 Å². The number of halogens is 3. The molecule has 2 aromatic rings. The predicted molar refractivity (Wildman–Crippen MR) is 131 cm³/mol. The molecule has 2 N–H and O–H groups in total. The molecule has 1 aromatic heterocycles. The van der Waals surface area contributed by atoms with Crippen LogP contribution in [0.5, 0.6) is 0 Å². The molecule has 4 rings (SSSR count). The van der Waals surface area contributed by atoms with E-state index in [1.165, 1.54) is 0 Å². The lowest BCUT2D eigenvalue weighted by atomic mass is 9.74. The topological polar surface area (TPSA) is 106 Å². The lowest BCUT2D eigenvalue weighted by Gasteiger charge is -2.34. The van der Waals surface area contributed by atoms with Crippen LogP contribution in [0, 0.1) is 11.3 Å². The van der Waals surface area contributed by atoms with E-state index >= 15 is 0 Å². The number of aromatic nitrogens is 1. The first-order valence-electron chi connectivity index (χ1n) is 11.7. The van der Waals surface area contributed by atoms with E-state index in [0.29, 0.717) is 26.2 Å². The Kier molecular flexibility index (Phi) is 8.61. The molecule has 0 aliphatic carbocycles. The van der Waals surface area contributed by atoms with Gasteiger partial charge in [-0.15, -0.1) is 0 Å². The number of nitrogens with zero attached hydrogens (tertiary/aromatic N) is 4. The zero-order valence-electron chi connectivity index (χ0n) is 20.6. The van der Waals surface area contributed by atoms with Gasteiger partial charge < -0.3 is 25.1 Å². The average molecular weight is 522 g/mol. The van der Waals surface area contributed by atoms with Gasteiger partial charge in [0.1, 0.15) is 5.82 Å². The maximum absolute atomic E-state index is 13.4. The van der Waals surface area contributed by atoms with E-state index in [0.717, 1.165) is 24.3 Å². The molecule has 3 heterocycles. The first-order valence-corrected chi connectivity index (χ1v) is 11.7. The summed E-state index contributed by atoms with van der Waals surface area (Å²) in [7, 11) is 3.64. The summed E-state index contributed by atoms with van der Waals surface area (Å²) in [5.74, 6) is -1.67. The molecule has 2 atom stereocenters. The van der Waals surface area contributed by atoms with Crippen molar-refractivity contribution >= 4 is 29.4 Å². The van der Waals surface area contributed by atoms with Gasteiger partial charge in [-0.2, -0.15) is 13.2 Å². The van der Waals surface area contributed by atoms with Crippen LogP contribution in [-0.4, -0.2) is 84.2 Å². The summed E-state index contributed by atoms with van der Waals surface area (Å²) in [5.41, 5.74) is 0.284. The number of carboxylic acids is 1. The number of amides is 3. The standard InChI is InChI=1S/C23H29N5O2.C2HF3O2/c1-26(2)21(29)23-12-8-14-27(22(30)25-19-9-4-3-5-10-19)15-18(23)16-28(17-23)20-11-6-7-13-24-20;3-2(4,5)1(6)7/h3-7,9-11,13,18H,8,12,14-17H2,1-2H3,(H,25,30);(H,6,7)/t18-,23-;/m0./s1. The zero-order valence-corrected chi connectivity index (χ0v) is 20.6. The van der Waals surface area contributed by atoms with Gasteiger partial charge in [-0.1, -0.05) is 24.3 Å². The van der Waals surface area contributed by atoms with Crippen molar-refractivity contribution in [1.29, 1.82) is 0 Å². The fourth-order valence-electron chi connectivity index (χ4n) is 4.85. The van der Waals surface area contributed by atoms with Crippen LogP contribution in [0.15, 0.2) is 54.7 Å². The predicted octanol–water partition coefficient (Wildman–Crippen LogP) is 3.55. The van der Waals surface area contributed by atoms with Crippen LogP contribution in [0.1, 0.15) is 12.8 Å². The Morgan fingerprint density at radius 2 is 1.73 bits per heavy atom. The number of hydrogen-bond acceptors (Lipinski definition) is 5. The van der Waals surface area contributed by atoms with Crippen LogP contribution in [0.25, 0.3) is 0 Å². The third kappa shape index (κ3) is 6.69. The number of fused-ring (bicyclic) bond motifs is 1. The number of para-hydroxylation sites is 1. The second-order valence-electron chi connectivity index (χ2n) is 9.27. The highest BCUT2D eigenvalue weighted by Crippen LogP contribution is 2.45. The molecule has 0 saturated carbocycles. The molecule has 2 aliphatic heterocycles. The molecule has 0 unspecified atom stereocenters. The highest BCUT2D eigenvalue weighted by Gasteiger charge is 2.54. The SMILES string of the molecule is CN(C)C(=O)[C@]12CCCN(C(=O)Nc3ccccc3)C[C@H]1CN(c1ccccn1)C2.O=C(O)C(F)(F)F. The van der Waals surface area contributed by atoms with E-state index in [-0.39, 0.29) is 17.9 Å². The Morgan fingerprint density at radius 1 is 1.08 bits per heavy atom. The molecule has 0 spiro atoms. The minimum absolute atomic E-state index is 0.0541. The summed E-state index contributed by atoms with van der Waals surface area (Å²) in [6.45, 7) is 2.56. The number of carboxylic acid groups (broad SMARTS) is 1. The number of aliphatic carboxylic acids is 1. The van der Waals surface area contributed by atoms with Crippen LogP contribution in [0.2, 0.25) is 0 Å². The maximum Gasteiger partial charge on any atom is 0.490 e. The van der Waals surface area contributed by atoms with E-state index in [1.807, 2.05) is 67.5 Å². The molecular weight excluding hydrogens is 491 g/mol. The van der Waals surface area contributed by atoms with Crippen molar-refractivity contribution in [3.8, 4) is 0 Å². The van der Waals surface area contributed by atoms with Crippen molar-refractivity contribution in [2.75, 3.05) is 50.5 Å². The summed E-state index contributed by atoms with van der Waals surface area (Å²) in [4.78, 5) is 45.5. The lowest BCUT2D eigenvalue weighted by molar-refractivity contribution is -0.192. The fraction of sp³-hybridized carbons (Fsp3) is 0.440. The third-order valence-electron chi connectivity index (χ3n) is 6.55. The Bertz CT molecular complexity index is 1080. The molecule has 200 valence electrons. The molecule has 37 heavy (non-hydrogen) atoms. The maximum atomic E-state index is 13.4. The molecule has 9 nitrogen and oxygen atoms in total. The van der Waals surface area contributed by atoms with Crippen molar-refractivity contribution in [3.63, 3.8) is 0 Å². The number of alkyl halides is 3. The molecule has 1 aromatic carbocycles. The quantitative estimate of drug-likeness (QED) is 0.640. The summed E-state index contributed by atoms with van der Waals surface area (Å²) in [5, 5.41) is 10.1. The highest BCUT2D eigenvalue weighted by molar-refractivity contribution is 5.90. The molecular formula is C25H30F3N5O4. The summed E-state index contributed by atoms with van der Waals surface area (Å²) >= 11 is 0. The van der Waals surface area contributed by atoms with E-state index in [1.54, 1.807) is 11.1 Å². The van der Waals surface area contributed by atoms with Crippen molar-refractivity contribution in [2.45, 2.75) is 19.0 Å². The lowest BCUT2D eigenvalue weighted by Crippen LogP contribution is -2.48. The molecule has 2 fully saturated rings. The van der Waals surface area contributed by atoms with Gasteiger partial charge in [0.25, 0.3) is 0 Å². The van der Waals surface area contributed by atoms with Gasteiger partial charge in [0.2, 0.25) is 5.91 Å². The molecule has 2 saturated heterocycles. The monoisotopic (exact) mass is 521 g/mol. The number of urea groups is 1. The van der Waals surface area contributed by atoms with Crippen LogP contribution in [0.3, 0.4) is 0 Å². The number of anilines is 2. The second-order valence-corrected chi connectivity index (χ2v) is 9.27. The molecule has 0 bridgehead atoms. The van der Waals surface area contributed by atoms with Crippen LogP contribution >= 0.6 is 0 Å². The molecule has 12 heteroatoms. The van der Waals surface area contributed by atoms with Crippen LogP contribution in [-0.2, 0) is 9.59 Å². The Hall–Kier alpha value is -3.83. The number of carbonyl (C=O) groups is 3. The summed E-state index contributed by atoms with van der Waals surface area (Å²) in [6, 6.07) is 15.2. The minimum atomic E-state index is -5.08. The molecule has 2 aliphatic rings. The van der Waals surface area contributed by atoms with E-state index in [9.17, 15) is 22.8 Å². The highest BCUT2D eigenvalue weighted by atomic mass is 19.4. The Balaban J connectivity index is 0.000000479. The smallest absolute Gasteiger partial charge is 0.475 e. The number of likely N-dealkylation sites (tertiary alicyclic amines) is 1. The van der Waals surface area contributed by atoms with Crippen LogP contribution in [0.4, 0.5) is 29.5 Å². The fourth-order valence-corrected chi connectivity index (χ4v) is 4.85. The first-order chi connectivity index (χ1) is 17.4. The largest absolute Gasteiger partial charge is 0.490 e. The van der Waals surface area contributed by atoms with Crippen molar-refractivity contribution in [1.82, 2.24) is 14.8 Å².